The summed E-state index contributed by atoms with van der Waals surface area (Å²) in [5, 5.41) is 2.25. The quantitative estimate of drug-likeness (QED) is 0.632. The van der Waals surface area contributed by atoms with E-state index in [2.05, 4.69) is 21.2 Å². The molecule has 1 N–H and O–H groups in total. The number of para-hydroxylation sites is 1. The molecule has 0 aliphatic rings. The highest BCUT2D eigenvalue weighted by Crippen LogP contribution is 2.34. The fourth-order valence-electron chi connectivity index (χ4n) is 2.86. The molecule has 0 saturated heterocycles. The first-order chi connectivity index (χ1) is 14.0. The number of amides is 2. The zero-order valence-electron chi connectivity index (χ0n) is 16.8. The summed E-state index contributed by atoms with van der Waals surface area (Å²) in [6.07, 6.45) is -4.59. The van der Waals surface area contributed by atoms with Crippen LogP contribution in [0.15, 0.2) is 53.0 Å². The van der Waals surface area contributed by atoms with Gasteiger partial charge in [-0.2, -0.15) is 13.2 Å². The Hall–Kier alpha value is -2.39. The van der Waals surface area contributed by atoms with Crippen molar-refractivity contribution in [1.29, 1.82) is 0 Å². The van der Waals surface area contributed by atoms with Crippen LogP contribution in [-0.4, -0.2) is 48.3 Å². The van der Waals surface area contributed by atoms with E-state index in [1.165, 1.54) is 30.1 Å². The third-order valence-electron chi connectivity index (χ3n) is 4.66. The summed E-state index contributed by atoms with van der Waals surface area (Å²) in [5.74, 6) is -1.02. The first kappa shape index (κ1) is 23.9. The van der Waals surface area contributed by atoms with Gasteiger partial charge < -0.3 is 10.2 Å². The van der Waals surface area contributed by atoms with Crippen LogP contribution in [0.4, 0.5) is 18.9 Å². The molecule has 0 saturated carbocycles. The van der Waals surface area contributed by atoms with E-state index in [1.54, 1.807) is 14.0 Å². The fraction of sp³-hybridized carbons (Fsp3) is 0.333. The van der Waals surface area contributed by atoms with Crippen molar-refractivity contribution in [1.82, 2.24) is 9.80 Å². The van der Waals surface area contributed by atoms with Crippen LogP contribution < -0.4 is 5.32 Å². The molecule has 0 spiro atoms. The number of halogens is 4. The maximum absolute atomic E-state index is 13.1. The summed E-state index contributed by atoms with van der Waals surface area (Å²) < 4.78 is 40.1. The number of rotatable bonds is 7. The second-order valence-corrected chi connectivity index (χ2v) is 7.82. The lowest BCUT2D eigenvalue weighted by Gasteiger charge is -2.28. The lowest BCUT2D eigenvalue weighted by Crippen LogP contribution is -2.46. The Kier molecular flexibility index (Phi) is 8.03. The molecule has 0 radical (unpaired) electrons. The molecule has 1 atom stereocenters. The minimum Gasteiger partial charge on any atom is -0.335 e. The van der Waals surface area contributed by atoms with Crippen LogP contribution in [0.5, 0.6) is 0 Å². The monoisotopic (exact) mass is 485 g/mol. The molecule has 2 amide bonds. The van der Waals surface area contributed by atoms with E-state index < -0.39 is 23.7 Å². The molecule has 2 aromatic rings. The number of nitrogens with zero attached hydrogens (tertiary/aromatic N) is 2. The van der Waals surface area contributed by atoms with Crippen LogP contribution in [0.1, 0.15) is 18.1 Å². The first-order valence-electron chi connectivity index (χ1n) is 9.15. The summed E-state index contributed by atoms with van der Waals surface area (Å²) in [7, 11) is 3.23. The first-order valence-corrected chi connectivity index (χ1v) is 9.94. The summed E-state index contributed by atoms with van der Waals surface area (Å²) in [4.78, 5) is 28.0. The van der Waals surface area contributed by atoms with Gasteiger partial charge >= 0.3 is 6.18 Å². The van der Waals surface area contributed by atoms with Crippen LogP contribution in [0.3, 0.4) is 0 Å². The van der Waals surface area contributed by atoms with Crippen molar-refractivity contribution in [3.8, 4) is 0 Å². The number of benzene rings is 2. The maximum atomic E-state index is 13.1. The highest BCUT2D eigenvalue weighted by atomic mass is 79.9. The molecular weight excluding hydrogens is 463 g/mol. The standard InChI is InChI=1S/C21H23BrF3N3O2/c1-14(27(2)12-15-8-4-6-10-17(15)22)20(30)28(3)13-19(29)26-18-11-7-5-9-16(18)21(23,24)25/h4-11,14H,12-13H2,1-3H3,(H,26,29)/t14-/m0/s1. The summed E-state index contributed by atoms with van der Waals surface area (Å²) in [6.45, 7) is 1.86. The van der Waals surface area contributed by atoms with Crippen LogP contribution in [0.25, 0.3) is 0 Å². The molecule has 0 aromatic heterocycles. The Balaban J connectivity index is 1.98. The van der Waals surface area contributed by atoms with E-state index in [4.69, 9.17) is 0 Å². The van der Waals surface area contributed by atoms with Gasteiger partial charge in [0.1, 0.15) is 0 Å². The lowest BCUT2D eigenvalue weighted by atomic mass is 10.1. The molecule has 0 aliphatic carbocycles. The predicted octanol–water partition coefficient (Wildman–Crippen LogP) is 4.39. The smallest absolute Gasteiger partial charge is 0.335 e. The number of likely N-dealkylation sites (N-methyl/N-ethyl adjacent to an activating group) is 2. The Bertz CT molecular complexity index is 905. The number of carbonyl (C=O) groups excluding carboxylic acids is 2. The van der Waals surface area contributed by atoms with Crippen LogP contribution in [0.2, 0.25) is 0 Å². The zero-order chi connectivity index (χ0) is 22.5. The van der Waals surface area contributed by atoms with Crippen molar-refractivity contribution in [2.75, 3.05) is 26.0 Å². The Morgan fingerprint density at radius 1 is 1.07 bits per heavy atom. The predicted molar refractivity (Wildman–Crippen MR) is 113 cm³/mol. The Morgan fingerprint density at radius 2 is 1.67 bits per heavy atom. The van der Waals surface area contributed by atoms with E-state index >= 15 is 0 Å². The van der Waals surface area contributed by atoms with Gasteiger partial charge in [-0.15, -0.1) is 0 Å². The summed E-state index contributed by atoms with van der Waals surface area (Å²) >= 11 is 3.47. The second kappa shape index (κ2) is 10.1. The van der Waals surface area contributed by atoms with Crippen molar-refractivity contribution in [2.24, 2.45) is 0 Å². The molecule has 30 heavy (non-hydrogen) atoms. The number of hydrogen-bond donors (Lipinski definition) is 1. The minimum atomic E-state index is -4.59. The molecule has 0 bridgehead atoms. The van der Waals surface area contributed by atoms with Gasteiger partial charge in [0.05, 0.1) is 23.8 Å². The minimum absolute atomic E-state index is 0.316. The van der Waals surface area contributed by atoms with Crippen molar-refractivity contribution >= 4 is 33.4 Å². The molecule has 162 valence electrons. The lowest BCUT2D eigenvalue weighted by molar-refractivity contribution is -0.138. The molecule has 0 fully saturated rings. The highest BCUT2D eigenvalue weighted by Gasteiger charge is 2.33. The highest BCUT2D eigenvalue weighted by molar-refractivity contribution is 9.10. The summed E-state index contributed by atoms with van der Waals surface area (Å²) in [5.41, 5.74) is -0.271. The van der Waals surface area contributed by atoms with E-state index in [0.29, 0.717) is 6.54 Å². The molecule has 0 unspecified atom stereocenters. The van der Waals surface area contributed by atoms with E-state index in [-0.39, 0.29) is 18.1 Å². The molecule has 5 nitrogen and oxygen atoms in total. The van der Waals surface area contributed by atoms with Gasteiger partial charge in [0.2, 0.25) is 11.8 Å². The topological polar surface area (TPSA) is 52.7 Å². The number of carbonyl (C=O) groups is 2. The van der Waals surface area contributed by atoms with Crippen LogP contribution in [0, 0.1) is 0 Å². The van der Waals surface area contributed by atoms with Gasteiger partial charge in [0.15, 0.2) is 0 Å². The average Bonchev–Trinajstić information content (AvgIpc) is 2.68. The second-order valence-electron chi connectivity index (χ2n) is 6.97. The van der Waals surface area contributed by atoms with Crippen LogP contribution >= 0.6 is 15.9 Å². The molecule has 2 rings (SSSR count). The Morgan fingerprint density at radius 3 is 2.30 bits per heavy atom. The molecule has 2 aromatic carbocycles. The normalized spacial score (nSPS) is 12.5. The fourth-order valence-corrected chi connectivity index (χ4v) is 3.27. The van der Waals surface area contributed by atoms with E-state index in [9.17, 15) is 22.8 Å². The summed E-state index contributed by atoms with van der Waals surface area (Å²) in [6, 6.07) is 11.8. The van der Waals surface area contributed by atoms with Gasteiger partial charge in [-0.05, 0) is 37.7 Å². The number of anilines is 1. The largest absolute Gasteiger partial charge is 0.418 e. The van der Waals surface area contributed by atoms with Gasteiger partial charge in [0, 0.05) is 18.1 Å². The number of hydrogen-bond acceptors (Lipinski definition) is 3. The van der Waals surface area contributed by atoms with E-state index in [0.717, 1.165) is 16.1 Å². The van der Waals surface area contributed by atoms with Gasteiger partial charge in [-0.3, -0.25) is 14.5 Å². The molecular formula is C21H23BrF3N3O2. The average molecular weight is 486 g/mol. The van der Waals surface area contributed by atoms with E-state index in [1.807, 2.05) is 29.2 Å². The van der Waals surface area contributed by atoms with Gasteiger partial charge in [-0.1, -0.05) is 46.3 Å². The van der Waals surface area contributed by atoms with Crippen LogP contribution in [-0.2, 0) is 22.3 Å². The third kappa shape index (κ3) is 6.30. The van der Waals surface area contributed by atoms with Gasteiger partial charge in [0.25, 0.3) is 0 Å². The zero-order valence-corrected chi connectivity index (χ0v) is 18.4. The van der Waals surface area contributed by atoms with Crippen molar-refractivity contribution in [3.63, 3.8) is 0 Å². The maximum Gasteiger partial charge on any atom is 0.418 e. The van der Waals surface area contributed by atoms with Crippen molar-refractivity contribution in [3.05, 3.63) is 64.1 Å². The van der Waals surface area contributed by atoms with Crippen molar-refractivity contribution in [2.45, 2.75) is 25.7 Å². The number of nitrogens with one attached hydrogen (secondary N) is 1. The van der Waals surface area contributed by atoms with Gasteiger partial charge in [-0.25, -0.2) is 0 Å². The van der Waals surface area contributed by atoms with Crippen molar-refractivity contribution < 1.29 is 22.8 Å². The third-order valence-corrected chi connectivity index (χ3v) is 5.43. The SMILES string of the molecule is C[C@@H](C(=O)N(C)CC(=O)Nc1ccccc1C(F)(F)F)N(C)Cc1ccccc1Br. The molecule has 0 heterocycles. The molecule has 0 aliphatic heterocycles. The molecule has 9 heteroatoms. The number of alkyl halides is 3. The Labute approximate surface area is 182 Å².